The van der Waals surface area contributed by atoms with Gasteiger partial charge >= 0.3 is 0 Å². The van der Waals surface area contributed by atoms with E-state index < -0.39 is 0 Å². The molecule has 0 aromatic heterocycles. The molecule has 0 saturated carbocycles. The van der Waals surface area contributed by atoms with Crippen LogP contribution in [0.15, 0.2) is 48.5 Å². The van der Waals surface area contributed by atoms with Gasteiger partial charge in [-0.25, -0.2) is 0 Å². The number of hydrogen-bond donors (Lipinski definition) is 0. The summed E-state index contributed by atoms with van der Waals surface area (Å²) in [7, 11) is 0. The van der Waals surface area contributed by atoms with Crippen LogP contribution in [0, 0.1) is 0 Å². The fraction of sp³-hybridized carbons (Fsp3) is 0.409. The summed E-state index contributed by atoms with van der Waals surface area (Å²) in [6.07, 6.45) is 0.782. The SMILES string of the molecule is CCOc1cccc(N2CC(Oc3ccc([C@H](C)CC(C)=O)cc3)C2)c1. The molecule has 0 radical (unpaired) electrons. The number of hydrogen-bond acceptors (Lipinski definition) is 4. The lowest BCUT2D eigenvalue weighted by Crippen LogP contribution is -2.54. The van der Waals surface area contributed by atoms with E-state index in [1.165, 1.54) is 11.3 Å². The van der Waals surface area contributed by atoms with E-state index in [2.05, 4.69) is 36.1 Å². The molecule has 0 aliphatic carbocycles. The van der Waals surface area contributed by atoms with E-state index in [0.717, 1.165) is 24.6 Å². The Balaban J connectivity index is 1.51. The number of nitrogens with zero attached hydrogens (tertiary/aromatic N) is 1. The second kappa shape index (κ2) is 8.26. The van der Waals surface area contributed by atoms with Crippen molar-refractivity contribution in [1.29, 1.82) is 0 Å². The molecule has 1 aliphatic rings. The first-order valence-electron chi connectivity index (χ1n) is 9.29. The van der Waals surface area contributed by atoms with Gasteiger partial charge in [0, 0.05) is 18.2 Å². The van der Waals surface area contributed by atoms with Crippen LogP contribution in [0.4, 0.5) is 5.69 Å². The van der Waals surface area contributed by atoms with E-state index in [0.29, 0.717) is 13.0 Å². The number of ether oxygens (including phenoxy) is 2. The van der Waals surface area contributed by atoms with Crippen LogP contribution in [0.3, 0.4) is 0 Å². The molecule has 0 amide bonds. The molecule has 0 spiro atoms. The van der Waals surface area contributed by atoms with Crippen LogP contribution >= 0.6 is 0 Å². The molecule has 1 fully saturated rings. The van der Waals surface area contributed by atoms with Gasteiger partial charge in [-0.3, -0.25) is 0 Å². The largest absolute Gasteiger partial charge is 0.494 e. The molecular weight excluding hydrogens is 326 g/mol. The van der Waals surface area contributed by atoms with Gasteiger partial charge in [0.2, 0.25) is 0 Å². The number of rotatable bonds is 8. The van der Waals surface area contributed by atoms with Gasteiger partial charge in [0.1, 0.15) is 23.4 Å². The fourth-order valence-electron chi connectivity index (χ4n) is 3.28. The topological polar surface area (TPSA) is 38.8 Å². The Kier molecular flexibility index (Phi) is 5.82. The normalized spacial score (nSPS) is 15.3. The fourth-order valence-corrected chi connectivity index (χ4v) is 3.28. The minimum atomic E-state index is 0.200. The second-order valence-corrected chi connectivity index (χ2v) is 6.95. The number of anilines is 1. The molecule has 2 aromatic rings. The Morgan fingerprint density at radius 3 is 2.54 bits per heavy atom. The van der Waals surface area contributed by atoms with E-state index in [1.54, 1.807) is 6.92 Å². The molecule has 1 atom stereocenters. The van der Waals surface area contributed by atoms with Crippen LogP contribution in [0.2, 0.25) is 0 Å². The monoisotopic (exact) mass is 353 g/mol. The maximum Gasteiger partial charge on any atom is 0.133 e. The van der Waals surface area contributed by atoms with Crippen molar-refractivity contribution >= 4 is 11.5 Å². The highest BCUT2D eigenvalue weighted by Crippen LogP contribution is 2.28. The van der Waals surface area contributed by atoms with Crippen molar-refractivity contribution in [2.45, 2.75) is 39.2 Å². The van der Waals surface area contributed by atoms with Crippen LogP contribution in [0.5, 0.6) is 11.5 Å². The summed E-state index contributed by atoms with van der Waals surface area (Å²) >= 11 is 0. The van der Waals surface area contributed by atoms with Crippen molar-refractivity contribution in [2.24, 2.45) is 0 Å². The minimum Gasteiger partial charge on any atom is -0.494 e. The van der Waals surface area contributed by atoms with Crippen LogP contribution in [0.25, 0.3) is 0 Å². The maximum atomic E-state index is 11.3. The van der Waals surface area contributed by atoms with Crippen LogP contribution in [0.1, 0.15) is 38.7 Å². The van der Waals surface area contributed by atoms with Gasteiger partial charge in [0.05, 0.1) is 19.7 Å². The highest BCUT2D eigenvalue weighted by atomic mass is 16.5. The minimum absolute atomic E-state index is 0.200. The quantitative estimate of drug-likeness (QED) is 0.703. The van der Waals surface area contributed by atoms with E-state index in [4.69, 9.17) is 9.47 Å². The van der Waals surface area contributed by atoms with Crippen molar-refractivity contribution < 1.29 is 14.3 Å². The highest BCUT2D eigenvalue weighted by molar-refractivity contribution is 5.76. The molecule has 138 valence electrons. The van der Waals surface area contributed by atoms with E-state index in [-0.39, 0.29) is 17.8 Å². The first kappa shape index (κ1) is 18.3. The number of carbonyl (C=O) groups excluding carboxylic acids is 1. The molecule has 4 nitrogen and oxygen atoms in total. The van der Waals surface area contributed by atoms with Gasteiger partial charge in [-0.15, -0.1) is 0 Å². The summed E-state index contributed by atoms with van der Waals surface area (Å²) in [4.78, 5) is 13.5. The number of ketones is 1. The van der Waals surface area contributed by atoms with Crippen LogP contribution in [-0.4, -0.2) is 31.6 Å². The van der Waals surface area contributed by atoms with Crippen molar-refractivity contribution in [3.8, 4) is 11.5 Å². The van der Waals surface area contributed by atoms with Gasteiger partial charge in [0.15, 0.2) is 0 Å². The standard InChI is InChI=1S/C22H27NO3/c1-4-25-21-7-5-6-19(13-21)23-14-22(15-23)26-20-10-8-18(9-11-20)16(2)12-17(3)24/h5-11,13,16,22H,4,12,14-15H2,1-3H3/t16-/m1/s1. The third kappa shape index (κ3) is 4.57. The van der Waals surface area contributed by atoms with Crippen LogP contribution < -0.4 is 14.4 Å². The lowest BCUT2D eigenvalue weighted by Gasteiger charge is -2.40. The van der Waals surface area contributed by atoms with Crippen molar-refractivity contribution in [3.63, 3.8) is 0 Å². The summed E-state index contributed by atoms with van der Waals surface area (Å²) in [5.41, 5.74) is 2.35. The van der Waals surface area contributed by atoms with Crippen molar-refractivity contribution in [2.75, 3.05) is 24.6 Å². The predicted octanol–water partition coefficient (Wildman–Crippen LogP) is 4.44. The lowest BCUT2D eigenvalue weighted by molar-refractivity contribution is -0.117. The molecule has 4 heteroatoms. The van der Waals surface area contributed by atoms with E-state index in [1.807, 2.05) is 31.2 Å². The Morgan fingerprint density at radius 2 is 1.88 bits per heavy atom. The summed E-state index contributed by atoms with van der Waals surface area (Å²) in [6, 6.07) is 16.3. The van der Waals surface area contributed by atoms with E-state index in [9.17, 15) is 4.79 Å². The smallest absolute Gasteiger partial charge is 0.133 e. The molecule has 1 saturated heterocycles. The van der Waals surface area contributed by atoms with Crippen LogP contribution in [-0.2, 0) is 4.79 Å². The number of benzene rings is 2. The molecule has 0 unspecified atom stereocenters. The summed E-state index contributed by atoms with van der Waals surface area (Å²) in [5, 5.41) is 0. The zero-order chi connectivity index (χ0) is 18.5. The first-order chi connectivity index (χ1) is 12.5. The molecule has 0 bridgehead atoms. The lowest BCUT2D eigenvalue weighted by atomic mass is 9.96. The van der Waals surface area contributed by atoms with Gasteiger partial charge in [-0.05, 0) is 49.6 Å². The maximum absolute atomic E-state index is 11.3. The summed E-state index contributed by atoms with van der Waals surface area (Å²) in [5.74, 6) is 2.26. The molecule has 1 heterocycles. The Morgan fingerprint density at radius 1 is 1.15 bits per heavy atom. The van der Waals surface area contributed by atoms with Gasteiger partial charge in [-0.1, -0.05) is 25.1 Å². The van der Waals surface area contributed by atoms with Gasteiger partial charge < -0.3 is 19.2 Å². The third-order valence-electron chi connectivity index (χ3n) is 4.69. The Hall–Kier alpha value is -2.49. The zero-order valence-electron chi connectivity index (χ0n) is 15.8. The van der Waals surface area contributed by atoms with E-state index >= 15 is 0 Å². The summed E-state index contributed by atoms with van der Waals surface area (Å²) in [6.45, 7) is 8.14. The number of carbonyl (C=O) groups is 1. The molecule has 0 N–H and O–H groups in total. The molecule has 3 rings (SSSR count). The third-order valence-corrected chi connectivity index (χ3v) is 4.69. The Labute approximate surface area is 155 Å². The second-order valence-electron chi connectivity index (χ2n) is 6.95. The predicted molar refractivity (Wildman–Crippen MR) is 104 cm³/mol. The molecular formula is C22H27NO3. The van der Waals surface area contributed by atoms with Gasteiger partial charge in [-0.2, -0.15) is 0 Å². The molecule has 26 heavy (non-hydrogen) atoms. The van der Waals surface area contributed by atoms with Crippen molar-refractivity contribution in [3.05, 3.63) is 54.1 Å². The molecule has 2 aromatic carbocycles. The average molecular weight is 353 g/mol. The first-order valence-corrected chi connectivity index (χ1v) is 9.29. The molecule has 1 aliphatic heterocycles. The average Bonchev–Trinajstić information content (AvgIpc) is 2.58. The zero-order valence-corrected chi connectivity index (χ0v) is 15.8. The van der Waals surface area contributed by atoms with Crippen molar-refractivity contribution in [1.82, 2.24) is 0 Å². The highest BCUT2D eigenvalue weighted by Gasteiger charge is 2.28. The number of Topliss-reactive ketones (excluding diaryl/α,β-unsaturated/α-hetero) is 1. The summed E-state index contributed by atoms with van der Waals surface area (Å²) < 4.78 is 11.6. The Bertz CT molecular complexity index is 735. The van der Waals surface area contributed by atoms with Gasteiger partial charge in [0.25, 0.3) is 0 Å².